The highest BCUT2D eigenvalue weighted by molar-refractivity contribution is 9.10. The predicted octanol–water partition coefficient (Wildman–Crippen LogP) is 3.97. The maximum atomic E-state index is 11.9. The summed E-state index contributed by atoms with van der Waals surface area (Å²) < 4.78 is 12.2. The first-order valence-electron chi connectivity index (χ1n) is 8.06. The van der Waals surface area contributed by atoms with Crippen LogP contribution in [-0.4, -0.2) is 30.3 Å². The monoisotopic (exact) mass is 407 g/mol. The van der Waals surface area contributed by atoms with Crippen LogP contribution in [0.2, 0.25) is 0 Å². The molecule has 2 rings (SSSR count). The molecule has 1 amide bonds. The third kappa shape index (κ3) is 5.94. The van der Waals surface area contributed by atoms with E-state index in [9.17, 15) is 4.79 Å². The number of amides is 1. The highest BCUT2D eigenvalue weighted by atomic mass is 79.9. The molecular formula is C18H22BrN3O3. The average Bonchev–Trinajstić information content (AvgIpc) is 3.01. The van der Waals surface area contributed by atoms with Gasteiger partial charge in [-0.1, -0.05) is 13.8 Å². The van der Waals surface area contributed by atoms with E-state index in [0.717, 1.165) is 10.0 Å². The number of carbonyl (C=O) groups is 1. The molecule has 0 unspecified atom stereocenters. The van der Waals surface area contributed by atoms with E-state index >= 15 is 0 Å². The number of H-pyrrole nitrogens is 1. The molecule has 0 fully saturated rings. The molecule has 25 heavy (non-hydrogen) atoms. The van der Waals surface area contributed by atoms with E-state index < -0.39 is 0 Å². The second-order valence-electron chi connectivity index (χ2n) is 5.77. The Balaban J connectivity index is 2.03. The van der Waals surface area contributed by atoms with E-state index in [-0.39, 0.29) is 5.91 Å². The molecule has 0 saturated heterocycles. The van der Waals surface area contributed by atoms with Gasteiger partial charge in [-0.2, -0.15) is 5.10 Å². The number of ether oxygens (including phenoxy) is 2. The van der Waals surface area contributed by atoms with E-state index in [1.807, 2.05) is 25.1 Å². The largest absolute Gasteiger partial charge is 0.490 e. The molecule has 1 aromatic heterocycles. The number of carbonyl (C=O) groups excluding carboxylic acids is 1. The van der Waals surface area contributed by atoms with E-state index in [1.54, 1.807) is 18.5 Å². The highest BCUT2D eigenvalue weighted by Crippen LogP contribution is 2.28. The van der Waals surface area contributed by atoms with Crippen LogP contribution in [0.1, 0.15) is 36.8 Å². The van der Waals surface area contributed by atoms with Gasteiger partial charge in [-0.15, -0.1) is 0 Å². The van der Waals surface area contributed by atoms with Gasteiger partial charge in [0.05, 0.1) is 19.4 Å². The maximum Gasteiger partial charge on any atom is 0.287 e. The van der Waals surface area contributed by atoms with Crippen molar-refractivity contribution in [3.8, 4) is 11.5 Å². The van der Waals surface area contributed by atoms with Crippen LogP contribution < -0.4 is 14.9 Å². The van der Waals surface area contributed by atoms with Gasteiger partial charge in [0, 0.05) is 10.7 Å². The van der Waals surface area contributed by atoms with Gasteiger partial charge in [0.25, 0.3) is 5.91 Å². The van der Waals surface area contributed by atoms with Crippen LogP contribution in [0.3, 0.4) is 0 Å². The number of hydrogen-bond acceptors (Lipinski definition) is 4. The van der Waals surface area contributed by atoms with Gasteiger partial charge in [-0.05, 0) is 58.6 Å². The standard InChI is InChI=1S/C18H22BrN3O3/c1-4-24-17-7-13(5-6-16(17)25-11-12(2)3)9-21-22-18(23)15-8-14(19)10-20-15/h5-10,12,20H,4,11H2,1-3H3,(H,22,23)/b21-9-. The molecule has 2 aromatic rings. The molecule has 1 heterocycles. The van der Waals surface area contributed by atoms with Gasteiger partial charge < -0.3 is 14.5 Å². The molecule has 1 aromatic carbocycles. The molecule has 0 atom stereocenters. The molecule has 0 aliphatic heterocycles. The van der Waals surface area contributed by atoms with Crippen molar-refractivity contribution < 1.29 is 14.3 Å². The number of aromatic amines is 1. The molecule has 7 heteroatoms. The summed E-state index contributed by atoms with van der Waals surface area (Å²) in [6, 6.07) is 7.22. The quantitative estimate of drug-likeness (QED) is 0.513. The van der Waals surface area contributed by atoms with Crippen molar-refractivity contribution in [2.75, 3.05) is 13.2 Å². The second-order valence-corrected chi connectivity index (χ2v) is 6.69. The van der Waals surface area contributed by atoms with E-state index in [4.69, 9.17) is 9.47 Å². The van der Waals surface area contributed by atoms with Gasteiger partial charge in [0.15, 0.2) is 11.5 Å². The molecule has 2 N–H and O–H groups in total. The van der Waals surface area contributed by atoms with Crippen molar-refractivity contribution in [3.05, 3.63) is 46.2 Å². The fourth-order valence-corrected chi connectivity index (χ4v) is 2.32. The smallest absolute Gasteiger partial charge is 0.287 e. The lowest BCUT2D eigenvalue weighted by Gasteiger charge is -2.13. The summed E-state index contributed by atoms with van der Waals surface area (Å²) in [4.78, 5) is 14.7. The number of nitrogens with one attached hydrogen (secondary N) is 2. The van der Waals surface area contributed by atoms with Crippen LogP contribution in [-0.2, 0) is 0 Å². The second kappa shape index (κ2) is 9.27. The molecule has 0 radical (unpaired) electrons. The predicted molar refractivity (Wildman–Crippen MR) is 101 cm³/mol. The van der Waals surface area contributed by atoms with Crippen LogP contribution in [0.15, 0.2) is 40.0 Å². The van der Waals surface area contributed by atoms with Crippen molar-refractivity contribution in [1.82, 2.24) is 10.4 Å². The van der Waals surface area contributed by atoms with E-state index in [2.05, 4.69) is 45.3 Å². The average molecular weight is 408 g/mol. The number of hydrazone groups is 1. The topological polar surface area (TPSA) is 75.7 Å². The Bertz CT molecular complexity index is 741. The lowest BCUT2D eigenvalue weighted by molar-refractivity contribution is 0.0951. The van der Waals surface area contributed by atoms with Crippen LogP contribution in [0, 0.1) is 5.92 Å². The first-order valence-corrected chi connectivity index (χ1v) is 8.85. The SMILES string of the molecule is CCOc1cc(/C=N\NC(=O)c2cc(Br)c[nH]2)ccc1OCC(C)C. The normalized spacial score (nSPS) is 11.1. The zero-order valence-electron chi connectivity index (χ0n) is 14.5. The third-order valence-corrected chi connectivity index (χ3v) is 3.57. The van der Waals surface area contributed by atoms with Gasteiger partial charge >= 0.3 is 0 Å². The van der Waals surface area contributed by atoms with Crippen LogP contribution in [0.4, 0.5) is 0 Å². The van der Waals surface area contributed by atoms with E-state index in [0.29, 0.717) is 36.3 Å². The van der Waals surface area contributed by atoms with Gasteiger partial charge in [0.1, 0.15) is 5.69 Å². The minimum atomic E-state index is -0.316. The minimum absolute atomic E-state index is 0.316. The Labute approximate surface area is 155 Å². The van der Waals surface area contributed by atoms with Gasteiger partial charge in [-0.25, -0.2) is 5.43 Å². The van der Waals surface area contributed by atoms with Crippen molar-refractivity contribution in [3.63, 3.8) is 0 Å². The summed E-state index contributed by atoms with van der Waals surface area (Å²) in [5.74, 6) is 1.47. The summed E-state index contributed by atoms with van der Waals surface area (Å²) in [7, 11) is 0. The number of nitrogens with zero attached hydrogens (tertiary/aromatic N) is 1. The molecule has 0 spiro atoms. The molecule has 0 aliphatic carbocycles. The zero-order chi connectivity index (χ0) is 18.2. The van der Waals surface area contributed by atoms with Crippen LogP contribution >= 0.6 is 15.9 Å². The Morgan fingerprint density at radius 3 is 2.76 bits per heavy atom. The Kier molecular flexibility index (Phi) is 7.06. The first kappa shape index (κ1) is 19.1. The lowest BCUT2D eigenvalue weighted by atomic mass is 10.2. The maximum absolute atomic E-state index is 11.9. The van der Waals surface area contributed by atoms with Crippen molar-refractivity contribution >= 4 is 28.1 Å². The number of rotatable bonds is 8. The number of benzene rings is 1. The number of halogens is 1. The molecule has 0 aliphatic rings. The van der Waals surface area contributed by atoms with Crippen molar-refractivity contribution in [1.29, 1.82) is 0 Å². The molecule has 6 nitrogen and oxygen atoms in total. The fraction of sp³-hybridized carbons (Fsp3) is 0.333. The fourth-order valence-electron chi connectivity index (χ4n) is 1.97. The molecule has 0 bridgehead atoms. The number of hydrogen-bond donors (Lipinski definition) is 2. The van der Waals surface area contributed by atoms with Crippen molar-refractivity contribution in [2.45, 2.75) is 20.8 Å². The summed E-state index contributed by atoms with van der Waals surface area (Å²) in [5.41, 5.74) is 3.70. The Morgan fingerprint density at radius 2 is 2.12 bits per heavy atom. The summed E-state index contributed by atoms with van der Waals surface area (Å²) in [6.07, 6.45) is 3.24. The summed E-state index contributed by atoms with van der Waals surface area (Å²) >= 11 is 3.28. The van der Waals surface area contributed by atoms with Gasteiger partial charge in [0.2, 0.25) is 0 Å². The molecule has 134 valence electrons. The van der Waals surface area contributed by atoms with Crippen LogP contribution in [0.25, 0.3) is 0 Å². The molecule has 0 saturated carbocycles. The minimum Gasteiger partial charge on any atom is -0.490 e. The third-order valence-electron chi connectivity index (χ3n) is 3.11. The van der Waals surface area contributed by atoms with Crippen molar-refractivity contribution in [2.24, 2.45) is 11.0 Å². The first-order chi connectivity index (χ1) is 12.0. The summed E-state index contributed by atoms with van der Waals surface area (Å²) in [6.45, 7) is 7.26. The zero-order valence-corrected chi connectivity index (χ0v) is 16.1. The molecular weight excluding hydrogens is 386 g/mol. The van der Waals surface area contributed by atoms with Gasteiger partial charge in [-0.3, -0.25) is 4.79 Å². The number of aromatic nitrogens is 1. The lowest BCUT2D eigenvalue weighted by Crippen LogP contribution is -2.17. The van der Waals surface area contributed by atoms with Crippen LogP contribution in [0.5, 0.6) is 11.5 Å². The Morgan fingerprint density at radius 1 is 1.32 bits per heavy atom. The van der Waals surface area contributed by atoms with E-state index in [1.165, 1.54) is 0 Å². The Hall–Kier alpha value is -2.28. The highest BCUT2D eigenvalue weighted by Gasteiger charge is 2.08. The summed E-state index contributed by atoms with van der Waals surface area (Å²) in [5, 5.41) is 3.98.